The maximum absolute atomic E-state index is 12.8. The van der Waals surface area contributed by atoms with Gasteiger partial charge in [0.15, 0.2) is 5.82 Å². The molecule has 0 aromatic carbocycles. The van der Waals surface area contributed by atoms with E-state index in [0.717, 1.165) is 24.1 Å². The van der Waals surface area contributed by atoms with E-state index in [4.69, 9.17) is 5.26 Å². The lowest BCUT2D eigenvalue weighted by molar-refractivity contribution is 0.0786. The molecule has 0 bridgehead atoms. The van der Waals surface area contributed by atoms with Crippen LogP contribution in [0.4, 0.5) is 0 Å². The number of aromatic nitrogens is 3. The Kier molecular flexibility index (Phi) is 7.20. The van der Waals surface area contributed by atoms with Gasteiger partial charge in [-0.25, -0.2) is 4.98 Å². The number of allylic oxidation sites excluding steroid dienone is 4. The monoisotopic (exact) mass is 446 g/mol. The number of piperidine rings is 1. The van der Waals surface area contributed by atoms with Crippen molar-refractivity contribution in [2.45, 2.75) is 38.5 Å². The average molecular weight is 447 g/mol. The number of nitriles is 1. The molecule has 2 aromatic rings. The average Bonchev–Trinajstić information content (AvgIpc) is 3.25. The minimum Gasteiger partial charge on any atom is -0.493 e. The maximum Gasteiger partial charge on any atom is 0.255 e. The summed E-state index contributed by atoms with van der Waals surface area (Å²) in [6.45, 7) is 4.07. The van der Waals surface area contributed by atoms with Crippen LogP contribution in [0.15, 0.2) is 42.3 Å². The number of aromatic hydroxyl groups is 1. The van der Waals surface area contributed by atoms with Crippen LogP contribution in [0.3, 0.4) is 0 Å². The molecule has 3 heterocycles. The lowest BCUT2D eigenvalue weighted by Gasteiger charge is -2.27. The van der Waals surface area contributed by atoms with E-state index in [2.05, 4.69) is 21.1 Å². The molecule has 4 rings (SSSR count). The molecule has 0 unspecified atom stereocenters. The Morgan fingerprint density at radius 3 is 2.67 bits per heavy atom. The minimum atomic E-state index is -0.0643. The van der Waals surface area contributed by atoms with Crippen LogP contribution in [-0.2, 0) is 0 Å². The van der Waals surface area contributed by atoms with Crippen molar-refractivity contribution in [2.75, 3.05) is 33.2 Å². The first-order chi connectivity index (χ1) is 16.1. The molecule has 2 aliphatic rings. The smallest absolute Gasteiger partial charge is 0.255 e. The first kappa shape index (κ1) is 22.7. The third-order valence-corrected chi connectivity index (χ3v) is 6.36. The quantitative estimate of drug-likeness (QED) is 0.698. The minimum absolute atomic E-state index is 0.00327. The Balaban J connectivity index is 1.37. The lowest BCUT2D eigenvalue weighted by Crippen LogP contribution is -2.34. The number of pyridine rings is 1. The van der Waals surface area contributed by atoms with Gasteiger partial charge in [0.05, 0.1) is 23.4 Å². The van der Waals surface area contributed by atoms with E-state index in [1.54, 1.807) is 29.3 Å². The van der Waals surface area contributed by atoms with E-state index in [1.807, 2.05) is 13.1 Å². The zero-order valence-corrected chi connectivity index (χ0v) is 19.1. The predicted octanol–water partition coefficient (Wildman–Crippen LogP) is 3.55. The molecule has 8 nitrogen and oxygen atoms in total. The molecule has 1 fully saturated rings. The van der Waals surface area contributed by atoms with Gasteiger partial charge in [-0.15, -0.1) is 0 Å². The highest BCUT2D eigenvalue weighted by Gasteiger charge is 2.19. The molecule has 33 heavy (non-hydrogen) atoms. The van der Waals surface area contributed by atoms with Crippen molar-refractivity contribution in [3.05, 3.63) is 53.4 Å². The molecule has 1 aliphatic carbocycles. The molecule has 0 radical (unpaired) electrons. The van der Waals surface area contributed by atoms with E-state index < -0.39 is 0 Å². The fourth-order valence-corrected chi connectivity index (χ4v) is 4.37. The van der Waals surface area contributed by atoms with Crippen LogP contribution in [0.5, 0.6) is 5.88 Å². The van der Waals surface area contributed by atoms with Crippen molar-refractivity contribution < 1.29 is 9.90 Å². The normalized spacial score (nSPS) is 16.6. The Morgan fingerprint density at radius 1 is 1.18 bits per heavy atom. The number of hydrogen-bond acceptors (Lipinski definition) is 6. The highest BCUT2D eigenvalue weighted by Crippen LogP contribution is 2.33. The molecule has 1 aliphatic heterocycles. The Labute approximate surface area is 194 Å². The van der Waals surface area contributed by atoms with Gasteiger partial charge >= 0.3 is 0 Å². The van der Waals surface area contributed by atoms with E-state index in [0.29, 0.717) is 36.3 Å². The Bertz CT molecular complexity index is 1090. The molecule has 2 aromatic heterocycles. The molecule has 0 atom stereocenters. The molecule has 0 saturated carbocycles. The van der Waals surface area contributed by atoms with Gasteiger partial charge < -0.3 is 14.9 Å². The van der Waals surface area contributed by atoms with Crippen molar-refractivity contribution in [2.24, 2.45) is 0 Å². The predicted molar refractivity (Wildman–Crippen MR) is 126 cm³/mol. The second-order valence-electron chi connectivity index (χ2n) is 8.68. The van der Waals surface area contributed by atoms with Gasteiger partial charge in [-0.05, 0) is 75.5 Å². The highest BCUT2D eigenvalue weighted by atomic mass is 16.3. The molecular formula is C25H30N6O2. The number of carbonyl (C=O) groups is 1. The molecule has 1 N–H and O–H groups in total. The second kappa shape index (κ2) is 10.5. The van der Waals surface area contributed by atoms with Gasteiger partial charge in [-0.2, -0.15) is 15.0 Å². The van der Waals surface area contributed by atoms with Gasteiger partial charge in [0.2, 0.25) is 5.88 Å². The summed E-state index contributed by atoms with van der Waals surface area (Å²) in [6, 6.07) is 5.57. The van der Waals surface area contributed by atoms with Crippen molar-refractivity contribution in [3.63, 3.8) is 0 Å². The van der Waals surface area contributed by atoms with Crippen molar-refractivity contribution in [1.82, 2.24) is 24.6 Å². The van der Waals surface area contributed by atoms with Crippen molar-refractivity contribution >= 4 is 11.5 Å². The van der Waals surface area contributed by atoms with Crippen LogP contribution >= 0.6 is 0 Å². The topological polar surface area (TPSA) is 98.3 Å². The van der Waals surface area contributed by atoms with Crippen LogP contribution < -0.4 is 0 Å². The fraction of sp³-hybridized carbons (Fsp3) is 0.440. The van der Waals surface area contributed by atoms with Crippen LogP contribution in [0.25, 0.3) is 11.4 Å². The Hall–Kier alpha value is -3.44. The van der Waals surface area contributed by atoms with Crippen LogP contribution in [-0.4, -0.2) is 68.8 Å². The van der Waals surface area contributed by atoms with Gasteiger partial charge in [-0.1, -0.05) is 12.5 Å². The third-order valence-electron chi connectivity index (χ3n) is 6.36. The van der Waals surface area contributed by atoms with Crippen LogP contribution in [0, 0.1) is 11.3 Å². The molecule has 172 valence electrons. The summed E-state index contributed by atoms with van der Waals surface area (Å²) in [5.41, 5.74) is 2.79. The SMILES string of the molecule is CN(CCCN1CCCCC1)C(=O)c1ccc(-n2ncc(C3=CC=C(C#N)CC3)c2O)nc1. The molecular weight excluding hydrogens is 416 g/mol. The largest absolute Gasteiger partial charge is 0.493 e. The molecule has 1 amide bonds. The fourth-order valence-electron chi connectivity index (χ4n) is 4.37. The summed E-state index contributed by atoms with van der Waals surface area (Å²) in [4.78, 5) is 21.3. The molecule has 0 spiro atoms. The van der Waals surface area contributed by atoms with E-state index in [-0.39, 0.29) is 11.8 Å². The van der Waals surface area contributed by atoms with E-state index >= 15 is 0 Å². The van der Waals surface area contributed by atoms with Crippen molar-refractivity contribution in [3.8, 4) is 17.8 Å². The summed E-state index contributed by atoms with van der Waals surface area (Å²) in [5.74, 6) is 0.370. The zero-order valence-electron chi connectivity index (χ0n) is 19.1. The van der Waals surface area contributed by atoms with Crippen LogP contribution in [0.1, 0.15) is 54.4 Å². The maximum atomic E-state index is 12.8. The van der Waals surface area contributed by atoms with Gasteiger partial charge in [0, 0.05) is 25.4 Å². The zero-order chi connectivity index (χ0) is 23.2. The van der Waals surface area contributed by atoms with Gasteiger partial charge in [-0.3, -0.25) is 4.79 Å². The number of carbonyl (C=O) groups excluding carboxylic acids is 1. The number of hydrogen-bond donors (Lipinski definition) is 1. The van der Waals surface area contributed by atoms with Crippen LogP contribution in [0.2, 0.25) is 0 Å². The number of likely N-dealkylation sites (tertiary alicyclic amines) is 1. The number of amides is 1. The summed E-state index contributed by atoms with van der Waals surface area (Å²) < 4.78 is 1.36. The number of nitrogens with zero attached hydrogens (tertiary/aromatic N) is 6. The first-order valence-corrected chi connectivity index (χ1v) is 11.6. The first-order valence-electron chi connectivity index (χ1n) is 11.6. The Morgan fingerprint density at radius 2 is 2.00 bits per heavy atom. The van der Waals surface area contributed by atoms with Crippen molar-refractivity contribution in [1.29, 1.82) is 5.26 Å². The molecule has 8 heteroatoms. The summed E-state index contributed by atoms with van der Waals surface area (Å²) in [5, 5.41) is 24.0. The summed E-state index contributed by atoms with van der Waals surface area (Å²) in [7, 11) is 1.82. The highest BCUT2D eigenvalue weighted by molar-refractivity contribution is 5.93. The standard InChI is InChI=1S/C25H30N6O2/c1-29(12-5-15-30-13-3-2-4-14-30)24(32)21-10-11-23(27-17-21)31-25(33)22(18-28-31)20-8-6-19(16-26)7-9-20/h6,8,10-11,17-18,33H,2-5,7,9,12-15H2,1H3. The van der Waals surface area contributed by atoms with Gasteiger partial charge in [0.25, 0.3) is 5.91 Å². The second-order valence-corrected chi connectivity index (χ2v) is 8.68. The summed E-state index contributed by atoms with van der Waals surface area (Å²) in [6.07, 6.45) is 12.9. The lowest BCUT2D eigenvalue weighted by atomic mass is 9.95. The van der Waals surface area contributed by atoms with Gasteiger partial charge in [0.1, 0.15) is 0 Å². The molecule has 1 saturated heterocycles. The van der Waals surface area contributed by atoms with E-state index in [9.17, 15) is 9.90 Å². The number of rotatable bonds is 7. The summed E-state index contributed by atoms with van der Waals surface area (Å²) >= 11 is 0. The third kappa shape index (κ3) is 5.32. The van der Waals surface area contributed by atoms with E-state index in [1.165, 1.54) is 43.2 Å².